The number of rotatable bonds is 4. The maximum atomic E-state index is 12.2. The Morgan fingerprint density at radius 3 is 2.59 bits per heavy atom. The molecule has 122 valence electrons. The van der Waals surface area contributed by atoms with Crippen LogP contribution in [0.15, 0.2) is 22.7 Å². The van der Waals surface area contributed by atoms with Gasteiger partial charge < -0.3 is 11.1 Å². The van der Waals surface area contributed by atoms with Gasteiger partial charge in [0.25, 0.3) is 5.91 Å². The van der Waals surface area contributed by atoms with Crippen LogP contribution in [0.2, 0.25) is 0 Å². The molecule has 2 rings (SSSR count). The van der Waals surface area contributed by atoms with Crippen molar-refractivity contribution < 1.29 is 13.2 Å². The molecule has 0 radical (unpaired) electrons. The average molecular weight is 390 g/mol. The summed E-state index contributed by atoms with van der Waals surface area (Å²) in [5.41, 5.74) is 6.70. The number of carbonyl (C=O) groups excluding carboxylic acids is 1. The highest BCUT2D eigenvalue weighted by atomic mass is 79.9. The van der Waals surface area contributed by atoms with Gasteiger partial charge in [0.2, 0.25) is 10.0 Å². The fourth-order valence-corrected chi connectivity index (χ4v) is 3.98. The van der Waals surface area contributed by atoms with E-state index in [4.69, 9.17) is 5.73 Å². The molecule has 1 heterocycles. The van der Waals surface area contributed by atoms with Gasteiger partial charge in [-0.25, -0.2) is 12.7 Å². The minimum atomic E-state index is -3.14. The summed E-state index contributed by atoms with van der Waals surface area (Å²) in [6, 6.07) is 5.09. The van der Waals surface area contributed by atoms with Crippen LogP contribution in [0.25, 0.3) is 0 Å². The van der Waals surface area contributed by atoms with Gasteiger partial charge in [-0.2, -0.15) is 0 Å². The van der Waals surface area contributed by atoms with E-state index in [-0.39, 0.29) is 17.7 Å². The second kappa shape index (κ2) is 6.97. The molecule has 0 aliphatic carbocycles. The van der Waals surface area contributed by atoms with Crippen LogP contribution in [-0.4, -0.2) is 43.5 Å². The van der Waals surface area contributed by atoms with E-state index in [2.05, 4.69) is 21.2 Å². The Morgan fingerprint density at radius 1 is 1.41 bits per heavy atom. The van der Waals surface area contributed by atoms with Crippen molar-refractivity contribution in [2.24, 2.45) is 0 Å². The Morgan fingerprint density at radius 2 is 2.05 bits per heavy atom. The normalized spacial score (nSPS) is 17.4. The summed E-state index contributed by atoms with van der Waals surface area (Å²) in [5, 5.41) is 2.93. The number of amides is 1. The Balaban J connectivity index is 1.95. The second-order valence-electron chi connectivity index (χ2n) is 5.28. The molecule has 22 heavy (non-hydrogen) atoms. The highest BCUT2D eigenvalue weighted by molar-refractivity contribution is 9.10. The van der Waals surface area contributed by atoms with Crippen molar-refractivity contribution in [1.29, 1.82) is 0 Å². The van der Waals surface area contributed by atoms with Crippen molar-refractivity contribution in [3.05, 3.63) is 28.2 Å². The first-order valence-corrected chi connectivity index (χ1v) is 9.57. The van der Waals surface area contributed by atoms with E-state index in [0.717, 1.165) is 4.47 Å². The fraction of sp³-hybridized carbons (Fsp3) is 0.500. The first-order chi connectivity index (χ1) is 10.3. The molecule has 0 unspecified atom stereocenters. The lowest BCUT2D eigenvalue weighted by atomic mass is 10.1. The van der Waals surface area contributed by atoms with Gasteiger partial charge in [-0.3, -0.25) is 4.79 Å². The van der Waals surface area contributed by atoms with Gasteiger partial charge in [-0.15, -0.1) is 0 Å². The fourth-order valence-electron chi connectivity index (χ4n) is 2.46. The van der Waals surface area contributed by atoms with Crippen molar-refractivity contribution in [3.8, 4) is 0 Å². The molecule has 0 spiro atoms. The van der Waals surface area contributed by atoms with E-state index in [9.17, 15) is 13.2 Å². The number of hydrogen-bond acceptors (Lipinski definition) is 4. The number of sulfonamides is 1. The summed E-state index contributed by atoms with van der Waals surface area (Å²) >= 11 is 3.30. The van der Waals surface area contributed by atoms with Gasteiger partial charge >= 0.3 is 0 Å². The van der Waals surface area contributed by atoms with Crippen molar-refractivity contribution in [1.82, 2.24) is 9.62 Å². The van der Waals surface area contributed by atoms with Crippen LogP contribution in [0, 0.1) is 0 Å². The third kappa shape index (κ3) is 3.99. The van der Waals surface area contributed by atoms with E-state index in [1.165, 1.54) is 4.31 Å². The van der Waals surface area contributed by atoms with E-state index < -0.39 is 10.0 Å². The number of hydrogen-bond donors (Lipinski definition) is 2. The molecule has 8 heteroatoms. The van der Waals surface area contributed by atoms with Crippen LogP contribution in [0.5, 0.6) is 0 Å². The predicted molar refractivity (Wildman–Crippen MR) is 90.1 cm³/mol. The Labute approximate surface area is 139 Å². The molecule has 6 nitrogen and oxygen atoms in total. The number of carbonyl (C=O) groups is 1. The maximum Gasteiger partial charge on any atom is 0.253 e. The van der Waals surface area contributed by atoms with E-state index in [1.54, 1.807) is 25.1 Å². The molecule has 0 aromatic heterocycles. The molecular formula is C14H20BrN3O3S. The maximum absolute atomic E-state index is 12.2. The zero-order valence-electron chi connectivity index (χ0n) is 12.4. The van der Waals surface area contributed by atoms with Crippen LogP contribution < -0.4 is 11.1 Å². The average Bonchev–Trinajstić information content (AvgIpc) is 2.47. The number of halogens is 1. The van der Waals surface area contributed by atoms with Gasteiger partial charge in [0.1, 0.15) is 0 Å². The molecule has 1 aliphatic rings. The largest absolute Gasteiger partial charge is 0.398 e. The minimum Gasteiger partial charge on any atom is -0.398 e. The summed E-state index contributed by atoms with van der Waals surface area (Å²) in [4.78, 5) is 12.2. The molecule has 1 aromatic rings. The number of benzene rings is 1. The van der Waals surface area contributed by atoms with Crippen molar-refractivity contribution in [2.75, 3.05) is 24.6 Å². The number of nitrogens with zero attached hydrogens (tertiary/aromatic N) is 1. The number of nitrogen functional groups attached to an aromatic ring is 1. The molecule has 0 atom stereocenters. The summed E-state index contributed by atoms with van der Waals surface area (Å²) in [5.74, 6) is -0.110. The summed E-state index contributed by atoms with van der Waals surface area (Å²) in [7, 11) is -3.14. The highest BCUT2D eigenvalue weighted by Crippen LogP contribution is 2.20. The molecule has 1 aliphatic heterocycles. The second-order valence-corrected chi connectivity index (χ2v) is 8.45. The third-order valence-electron chi connectivity index (χ3n) is 3.81. The lowest BCUT2D eigenvalue weighted by molar-refractivity contribution is 0.0925. The number of anilines is 1. The van der Waals surface area contributed by atoms with E-state index in [0.29, 0.717) is 37.2 Å². The smallest absolute Gasteiger partial charge is 0.253 e. The van der Waals surface area contributed by atoms with Crippen LogP contribution in [0.1, 0.15) is 30.1 Å². The Hall–Kier alpha value is -1.12. The molecule has 0 saturated carbocycles. The van der Waals surface area contributed by atoms with Crippen molar-refractivity contribution in [3.63, 3.8) is 0 Å². The molecule has 3 N–H and O–H groups in total. The summed E-state index contributed by atoms with van der Waals surface area (Å²) in [6.45, 7) is 2.52. The standard InChI is InChI=1S/C14H20BrN3O3S/c1-2-22(20,21)18-7-5-11(6-8-18)17-14(19)12-4-3-10(15)9-13(12)16/h3-4,9,11H,2,5-8,16H2,1H3,(H,17,19). The predicted octanol–water partition coefficient (Wildman–Crippen LogP) is 1.58. The molecular weight excluding hydrogens is 370 g/mol. The van der Waals surface area contributed by atoms with Gasteiger partial charge in [0.05, 0.1) is 11.3 Å². The topological polar surface area (TPSA) is 92.5 Å². The van der Waals surface area contributed by atoms with Crippen LogP contribution in [-0.2, 0) is 10.0 Å². The van der Waals surface area contributed by atoms with Crippen LogP contribution >= 0.6 is 15.9 Å². The SMILES string of the molecule is CCS(=O)(=O)N1CCC(NC(=O)c2ccc(Br)cc2N)CC1. The van der Waals surface area contributed by atoms with Crippen LogP contribution in [0.4, 0.5) is 5.69 Å². The zero-order chi connectivity index (χ0) is 16.3. The van der Waals surface area contributed by atoms with Crippen molar-refractivity contribution in [2.45, 2.75) is 25.8 Å². The third-order valence-corrected chi connectivity index (χ3v) is 6.18. The van der Waals surface area contributed by atoms with E-state index >= 15 is 0 Å². The first kappa shape index (κ1) is 17.2. The summed E-state index contributed by atoms with van der Waals surface area (Å²) in [6.07, 6.45) is 1.23. The van der Waals surface area contributed by atoms with Crippen LogP contribution in [0.3, 0.4) is 0 Å². The van der Waals surface area contributed by atoms with Gasteiger partial charge in [0, 0.05) is 29.3 Å². The molecule has 1 saturated heterocycles. The molecule has 1 aromatic carbocycles. The van der Waals surface area contributed by atoms with Gasteiger partial charge in [0.15, 0.2) is 0 Å². The monoisotopic (exact) mass is 389 g/mol. The summed E-state index contributed by atoms with van der Waals surface area (Å²) < 4.78 is 25.9. The van der Waals surface area contributed by atoms with Gasteiger partial charge in [-0.1, -0.05) is 15.9 Å². The quantitative estimate of drug-likeness (QED) is 0.764. The Kier molecular flexibility index (Phi) is 5.46. The molecule has 1 amide bonds. The Bertz CT molecular complexity index is 655. The number of piperidine rings is 1. The lowest BCUT2D eigenvalue weighted by Crippen LogP contribution is -2.46. The number of nitrogens with two attached hydrogens (primary N) is 1. The highest BCUT2D eigenvalue weighted by Gasteiger charge is 2.27. The first-order valence-electron chi connectivity index (χ1n) is 7.17. The molecule has 0 bridgehead atoms. The molecule has 1 fully saturated rings. The number of nitrogens with one attached hydrogen (secondary N) is 1. The minimum absolute atomic E-state index is 0.0288. The zero-order valence-corrected chi connectivity index (χ0v) is 14.8. The van der Waals surface area contributed by atoms with Gasteiger partial charge in [-0.05, 0) is 38.0 Å². The lowest BCUT2D eigenvalue weighted by Gasteiger charge is -2.31. The van der Waals surface area contributed by atoms with E-state index in [1.807, 2.05) is 0 Å². The van der Waals surface area contributed by atoms with Crippen molar-refractivity contribution >= 4 is 37.5 Å².